The second kappa shape index (κ2) is 14.0. The van der Waals surface area contributed by atoms with Crippen molar-refractivity contribution in [1.82, 2.24) is 4.90 Å². The van der Waals surface area contributed by atoms with Gasteiger partial charge in [0.1, 0.15) is 12.6 Å². The Hall–Kier alpha value is -2.66. The summed E-state index contributed by atoms with van der Waals surface area (Å²) in [5.74, 6) is 5.48. The molecule has 1 heterocycles. The van der Waals surface area contributed by atoms with Gasteiger partial charge in [0.2, 0.25) is 5.91 Å². The number of ether oxygens (including phenoxy) is 2. The third-order valence-electron chi connectivity index (χ3n) is 6.12. The van der Waals surface area contributed by atoms with Gasteiger partial charge in [-0.1, -0.05) is 69.4 Å². The SMILES string of the molecule is COC(=O)[C@@H]1C[C@@H](OCC#Cc2ccccc2/C=C/CCCCCO)CN1C(=O)[C@@H](N)C(C)(C)C. The quantitative estimate of drug-likeness (QED) is 0.301. The number of aliphatic hydroxyl groups excluding tert-OH is 1. The van der Waals surface area contributed by atoms with Gasteiger partial charge in [-0.2, -0.15) is 0 Å². The van der Waals surface area contributed by atoms with Crippen LogP contribution in [-0.2, 0) is 19.1 Å². The lowest BCUT2D eigenvalue weighted by Crippen LogP contribution is -2.53. The fourth-order valence-corrected chi connectivity index (χ4v) is 3.88. The molecular weight excluding hydrogens is 444 g/mol. The lowest BCUT2D eigenvalue weighted by atomic mass is 9.86. The molecule has 2 rings (SSSR count). The van der Waals surface area contributed by atoms with Gasteiger partial charge in [-0.15, -0.1) is 0 Å². The van der Waals surface area contributed by atoms with Crippen LogP contribution in [-0.4, -0.2) is 66.9 Å². The Kier molecular flexibility index (Phi) is 11.5. The summed E-state index contributed by atoms with van der Waals surface area (Å²) in [6.45, 7) is 6.39. The number of nitrogens with zero attached hydrogens (tertiary/aromatic N) is 1. The average Bonchev–Trinajstić information content (AvgIpc) is 3.27. The van der Waals surface area contributed by atoms with E-state index in [1.807, 2.05) is 45.0 Å². The fourth-order valence-electron chi connectivity index (χ4n) is 3.88. The molecule has 1 fully saturated rings. The number of aliphatic hydroxyl groups is 1. The van der Waals surface area contributed by atoms with Crippen molar-refractivity contribution in [2.24, 2.45) is 11.1 Å². The molecule has 0 aliphatic carbocycles. The van der Waals surface area contributed by atoms with Crippen molar-refractivity contribution < 1.29 is 24.2 Å². The number of rotatable bonds is 10. The number of esters is 1. The molecule has 1 saturated heterocycles. The van der Waals surface area contributed by atoms with Crippen LogP contribution in [0.15, 0.2) is 30.3 Å². The van der Waals surface area contributed by atoms with Crippen LogP contribution < -0.4 is 5.73 Å². The summed E-state index contributed by atoms with van der Waals surface area (Å²) in [5, 5.41) is 8.86. The minimum absolute atomic E-state index is 0.186. The maximum atomic E-state index is 13.0. The Balaban J connectivity index is 1.97. The standard InChI is InChI=1S/C28H40N2O5/c1-28(2,3)25(29)26(32)30-20-23(19-24(30)27(33)34-4)35-18-12-16-22-15-10-9-14-21(22)13-8-6-5-7-11-17-31/h8-10,13-15,23-25,31H,5-7,11,17-20,29H2,1-4H3/b13-8+/t23-,24+,25-/m1/s1. The van der Waals surface area contributed by atoms with Gasteiger partial charge in [0, 0.05) is 25.1 Å². The highest BCUT2D eigenvalue weighted by atomic mass is 16.5. The normalized spacial score (nSPS) is 18.9. The van der Waals surface area contributed by atoms with Crippen molar-refractivity contribution in [3.8, 4) is 11.8 Å². The van der Waals surface area contributed by atoms with Crippen LogP contribution in [0.4, 0.5) is 0 Å². The molecule has 1 aliphatic heterocycles. The first kappa shape index (κ1) is 28.6. The van der Waals surface area contributed by atoms with E-state index < -0.39 is 23.5 Å². The van der Waals surface area contributed by atoms with Crippen LogP contribution in [0.3, 0.4) is 0 Å². The number of likely N-dealkylation sites (tertiary alicyclic amines) is 1. The van der Waals surface area contributed by atoms with Crippen molar-refractivity contribution in [3.63, 3.8) is 0 Å². The second-order valence-electron chi connectivity index (χ2n) is 9.91. The molecule has 7 nitrogen and oxygen atoms in total. The first-order valence-corrected chi connectivity index (χ1v) is 12.3. The van der Waals surface area contributed by atoms with E-state index in [-0.39, 0.29) is 31.8 Å². The number of hydrogen-bond acceptors (Lipinski definition) is 6. The monoisotopic (exact) mass is 484 g/mol. The number of unbranched alkanes of at least 4 members (excludes halogenated alkanes) is 3. The summed E-state index contributed by atoms with van der Waals surface area (Å²) in [7, 11) is 1.31. The maximum absolute atomic E-state index is 13.0. The Morgan fingerprint density at radius 2 is 2.00 bits per heavy atom. The van der Waals surface area contributed by atoms with Gasteiger partial charge in [0.05, 0.1) is 19.3 Å². The molecule has 0 radical (unpaired) electrons. The molecule has 7 heteroatoms. The lowest BCUT2D eigenvalue weighted by Gasteiger charge is -2.32. The number of amides is 1. The third kappa shape index (κ3) is 8.81. The smallest absolute Gasteiger partial charge is 0.328 e. The minimum atomic E-state index is -0.729. The van der Waals surface area contributed by atoms with E-state index in [4.69, 9.17) is 20.3 Å². The van der Waals surface area contributed by atoms with Crippen LogP contribution >= 0.6 is 0 Å². The Labute approximate surface area is 209 Å². The first-order chi connectivity index (χ1) is 16.7. The predicted molar refractivity (Wildman–Crippen MR) is 137 cm³/mol. The lowest BCUT2D eigenvalue weighted by molar-refractivity contribution is -0.152. The number of carbonyl (C=O) groups is 2. The van der Waals surface area contributed by atoms with E-state index in [0.717, 1.165) is 36.8 Å². The maximum Gasteiger partial charge on any atom is 0.328 e. The van der Waals surface area contributed by atoms with E-state index in [1.54, 1.807) is 0 Å². The van der Waals surface area contributed by atoms with Gasteiger partial charge in [0.15, 0.2) is 0 Å². The average molecular weight is 485 g/mol. The van der Waals surface area contributed by atoms with Gasteiger partial charge >= 0.3 is 5.97 Å². The molecule has 0 saturated carbocycles. The summed E-state index contributed by atoms with van der Waals surface area (Å²) in [4.78, 5) is 26.8. The Morgan fingerprint density at radius 1 is 1.26 bits per heavy atom. The molecular formula is C28H40N2O5. The molecule has 1 aromatic rings. The number of benzene rings is 1. The largest absolute Gasteiger partial charge is 0.467 e. The zero-order valence-corrected chi connectivity index (χ0v) is 21.5. The van der Waals surface area contributed by atoms with Crippen molar-refractivity contribution >= 4 is 18.0 Å². The molecule has 3 atom stereocenters. The number of nitrogens with two attached hydrogens (primary N) is 1. The topological polar surface area (TPSA) is 102 Å². The van der Waals surface area contributed by atoms with Crippen molar-refractivity contribution in [2.75, 3.05) is 26.9 Å². The van der Waals surface area contributed by atoms with E-state index in [9.17, 15) is 9.59 Å². The third-order valence-corrected chi connectivity index (χ3v) is 6.12. The molecule has 0 bridgehead atoms. The summed E-state index contributed by atoms with van der Waals surface area (Å²) >= 11 is 0. The van der Waals surface area contributed by atoms with Gasteiger partial charge in [-0.3, -0.25) is 4.79 Å². The molecule has 1 aromatic carbocycles. The van der Waals surface area contributed by atoms with E-state index in [0.29, 0.717) is 6.42 Å². The van der Waals surface area contributed by atoms with Crippen molar-refractivity contribution in [2.45, 2.75) is 71.1 Å². The first-order valence-electron chi connectivity index (χ1n) is 12.3. The number of allylic oxidation sites excluding steroid dienone is 1. The van der Waals surface area contributed by atoms with Gasteiger partial charge in [-0.25, -0.2) is 4.79 Å². The minimum Gasteiger partial charge on any atom is -0.467 e. The number of hydrogen-bond donors (Lipinski definition) is 2. The molecule has 1 amide bonds. The van der Waals surface area contributed by atoms with Crippen LogP contribution in [0, 0.1) is 17.3 Å². The molecule has 0 aromatic heterocycles. The van der Waals surface area contributed by atoms with Crippen molar-refractivity contribution in [1.29, 1.82) is 0 Å². The predicted octanol–water partition coefficient (Wildman–Crippen LogP) is 3.14. The number of carbonyl (C=O) groups excluding carboxylic acids is 2. The molecule has 3 N–H and O–H groups in total. The Bertz CT molecular complexity index is 925. The highest BCUT2D eigenvalue weighted by molar-refractivity contribution is 5.88. The van der Waals surface area contributed by atoms with Crippen LogP contribution in [0.25, 0.3) is 6.08 Å². The summed E-state index contributed by atoms with van der Waals surface area (Å²) < 4.78 is 10.8. The summed E-state index contributed by atoms with van der Waals surface area (Å²) in [5.41, 5.74) is 7.69. The van der Waals surface area contributed by atoms with Crippen LogP contribution in [0.1, 0.15) is 64.0 Å². The van der Waals surface area contributed by atoms with E-state index in [2.05, 4.69) is 24.0 Å². The van der Waals surface area contributed by atoms with Gasteiger partial charge < -0.3 is 25.2 Å². The van der Waals surface area contributed by atoms with Gasteiger partial charge in [0.25, 0.3) is 0 Å². The zero-order chi connectivity index (χ0) is 25.8. The molecule has 0 unspecified atom stereocenters. The number of methoxy groups -OCH3 is 1. The highest BCUT2D eigenvalue weighted by Crippen LogP contribution is 2.26. The zero-order valence-electron chi connectivity index (χ0n) is 21.5. The Morgan fingerprint density at radius 3 is 2.69 bits per heavy atom. The molecule has 0 spiro atoms. The van der Waals surface area contributed by atoms with Crippen LogP contribution in [0.2, 0.25) is 0 Å². The summed E-state index contributed by atoms with van der Waals surface area (Å²) in [6.07, 6.45) is 8.10. The van der Waals surface area contributed by atoms with Gasteiger partial charge in [-0.05, 0) is 36.3 Å². The summed E-state index contributed by atoms with van der Waals surface area (Å²) in [6, 6.07) is 6.48. The van der Waals surface area contributed by atoms with E-state index in [1.165, 1.54) is 12.0 Å². The molecule has 35 heavy (non-hydrogen) atoms. The van der Waals surface area contributed by atoms with Crippen molar-refractivity contribution in [3.05, 3.63) is 41.5 Å². The second-order valence-corrected chi connectivity index (χ2v) is 9.91. The fraction of sp³-hybridized carbons (Fsp3) is 0.571. The highest BCUT2D eigenvalue weighted by Gasteiger charge is 2.44. The molecule has 192 valence electrons. The molecule has 1 aliphatic rings. The van der Waals surface area contributed by atoms with E-state index >= 15 is 0 Å². The van der Waals surface area contributed by atoms with Crippen LogP contribution in [0.5, 0.6) is 0 Å².